The minimum Gasteiger partial charge on any atom is -0.376 e. The van der Waals surface area contributed by atoms with Crippen LogP contribution in [0, 0.1) is 0 Å². The van der Waals surface area contributed by atoms with Gasteiger partial charge in [-0.2, -0.15) is 0 Å². The van der Waals surface area contributed by atoms with E-state index in [4.69, 9.17) is 9.47 Å². The normalized spacial score (nSPS) is 25.5. The van der Waals surface area contributed by atoms with Gasteiger partial charge in [-0.25, -0.2) is 0 Å². The summed E-state index contributed by atoms with van der Waals surface area (Å²) in [5.74, 6) is 0. The van der Waals surface area contributed by atoms with E-state index < -0.39 is 0 Å². The Morgan fingerprint density at radius 1 is 1.62 bits per heavy atom. The molecule has 0 aliphatic carbocycles. The lowest BCUT2D eigenvalue weighted by Gasteiger charge is -2.30. The summed E-state index contributed by atoms with van der Waals surface area (Å²) in [6, 6.07) is 0.387. The smallest absolute Gasteiger partial charge is 0.0962 e. The van der Waals surface area contributed by atoms with Gasteiger partial charge in [-0.05, 0) is 19.9 Å². The van der Waals surface area contributed by atoms with Crippen molar-refractivity contribution in [1.82, 2.24) is 5.32 Å². The van der Waals surface area contributed by atoms with Crippen LogP contribution in [0.2, 0.25) is 0 Å². The molecule has 0 spiro atoms. The maximum absolute atomic E-state index is 5.61. The molecule has 1 saturated heterocycles. The first-order valence-corrected chi connectivity index (χ1v) is 4.86. The zero-order chi connectivity index (χ0) is 9.52. The van der Waals surface area contributed by atoms with E-state index in [-0.39, 0.29) is 6.10 Å². The summed E-state index contributed by atoms with van der Waals surface area (Å²) in [4.78, 5) is 0. The standard InChI is InChI=1S/C10H19NO2/c1-3-4-5-9(11-2)10-8-12-6-7-13-10/h3,9-11H,1,4-8H2,2H3. The highest BCUT2D eigenvalue weighted by atomic mass is 16.6. The highest BCUT2D eigenvalue weighted by Crippen LogP contribution is 2.10. The SMILES string of the molecule is C=CCCC(NC)C1COCCO1. The van der Waals surface area contributed by atoms with Gasteiger partial charge in [0.05, 0.1) is 25.9 Å². The van der Waals surface area contributed by atoms with Crippen LogP contribution in [0.5, 0.6) is 0 Å². The zero-order valence-corrected chi connectivity index (χ0v) is 8.29. The van der Waals surface area contributed by atoms with Crippen molar-refractivity contribution in [2.45, 2.75) is 25.0 Å². The second-order valence-electron chi connectivity index (χ2n) is 3.25. The summed E-state index contributed by atoms with van der Waals surface area (Å²) >= 11 is 0. The van der Waals surface area contributed by atoms with Crippen molar-refractivity contribution in [1.29, 1.82) is 0 Å². The van der Waals surface area contributed by atoms with Crippen LogP contribution < -0.4 is 5.32 Å². The first-order valence-electron chi connectivity index (χ1n) is 4.86. The van der Waals surface area contributed by atoms with E-state index >= 15 is 0 Å². The second kappa shape index (κ2) is 6.13. The monoisotopic (exact) mass is 185 g/mol. The lowest BCUT2D eigenvalue weighted by atomic mass is 10.1. The van der Waals surface area contributed by atoms with Crippen molar-refractivity contribution in [2.24, 2.45) is 0 Å². The van der Waals surface area contributed by atoms with Gasteiger partial charge in [0, 0.05) is 6.04 Å². The first-order chi connectivity index (χ1) is 6.38. The van der Waals surface area contributed by atoms with Crippen molar-refractivity contribution in [2.75, 3.05) is 26.9 Å². The van der Waals surface area contributed by atoms with Gasteiger partial charge in [0.25, 0.3) is 0 Å². The fourth-order valence-electron chi connectivity index (χ4n) is 1.55. The van der Waals surface area contributed by atoms with Crippen LogP contribution in [-0.2, 0) is 9.47 Å². The van der Waals surface area contributed by atoms with E-state index in [1.54, 1.807) is 0 Å². The fourth-order valence-corrected chi connectivity index (χ4v) is 1.55. The van der Waals surface area contributed by atoms with E-state index in [1.807, 2.05) is 13.1 Å². The Morgan fingerprint density at radius 3 is 3.00 bits per heavy atom. The number of allylic oxidation sites excluding steroid dienone is 1. The Bertz CT molecular complexity index is 144. The number of rotatable bonds is 5. The van der Waals surface area contributed by atoms with Gasteiger partial charge in [-0.15, -0.1) is 6.58 Å². The van der Waals surface area contributed by atoms with Crippen molar-refractivity contribution >= 4 is 0 Å². The van der Waals surface area contributed by atoms with Crippen molar-refractivity contribution in [3.8, 4) is 0 Å². The quantitative estimate of drug-likeness (QED) is 0.647. The predicted octanol–water partition coefficient (Wildman–Crippen LogP) is 0.956. The molecule has 3 heteroatoms. The molecule has 1 aliphatic heterocycles. The molecule has 2 atom stereocenters. The van der Waals surface area contributed by atoms with Gasteiger partial charge in [-0.1, -0.05) is 6.08 Å². The number of likely N-dealkylation sites (N-methyl/N-ethyl adjacent to an activating group) is 1. The van der Waals surface area contributed by atoms with Crippen LogP contribution in [0.4, 0.5) is 0 Å². The summed E-state index contributed by atoms with van der Waals surface area (Å²) in [6.45, 7) is 5.87. The molecule has 3 nitrogen and oxygen atoms in total. The van der Waals surface area contributed by atoms with Gasteiger partial charge in [-0.3, -0.25) is 0 Å². The average Bonchev–Trinajstić information content (AvgIpc) is 2.21. The van der Waals surface area contributed by atoms with Crippen LogP contribution >= 0.6 is 0 Å². The highest BCUT2D eigenvalue weighted by molar-refractivity contribution is 4.80. The minimum absolute atomic E-state index is 0.207. The van der Waals surface area contributed by atoms with Crippen molar-refractivity contribution in [3.63, 3.8) is 0 Å². The number of hydrogen-bond donors (Lipinski definition) is 1. The van der Waals surface area contributed by atoms with Crippen molar-refractivity contribution < 1.29 is 9.47 Å². The molecule has 0 aromatic carbocycles. The fraction of sp³-hybridized carbons (Fsp3) is 0.800. The van der Waals surface area contributed by atoms with E-state index in [0.29, 0.717) is 12.6 Å². The molecule has 1 rings (SSSR count). The summed E-state index contributed by atoms with van der Waals surface area (Å²) in [6.07, 6.45) is 4.23. The first kappa shape index (κ1) is 10.7. The molecule has 0 aromatic heterocycles. The van der Waals surface area contributed by atoms with E-state index in [9.17, 15) is 0 Å². The summed E-state index contributed by atoms with van der Waals surface area (Å²) < 4.78 is 11.0. The van der Waals surface area contributed by atoms with Crippen LogP contribution in [-0.4, -0.2) is 39.0 Å². The van der Waals surface area contributed by atoms with Crippen LogP contribution in [0.25, 0.3) is 0 Å². The van der Waals surface area contributed by atoms with Gasteiger partial charge >= 0.3 is 0 Å². The number of nitrogens with one attached hydrogen (secondary N) is 1. The maximum Gasteiger partial charge on any atom is 0.0962 e. The van der Waals surface area contributed by atoms with Crippen LogP contribution in [0.3, 0.4) is 0 Å². The van der Waals surface area contributed by atoms with Gasteiger partial charge in [0.1, 0.15) is 0 Å². The summed E-state index contributed by atoms with van der Waals surface area (Å²) in [7, 11) is 1.96. The summed E-state index contributed by atoms with van der Waals surface area (Å²) in [5.41, 5.74) is 0. The third-order valence-corrected chi connectivity index (χ3v) is 2.34. The van der Waals surface area contributed by atoms with E-state index in [0.717, 1.165) is 26.1 Å². The van der Waals surface area contributed by atoms with Gasteiger partial charge in [0.2, 0.25) is 0 Å². The van der Waals surface area contributed by atoms with E-state index in [1.165, 1.54) is 0 Å². The lowest BCUT2D eigenvalue weighted by molar-refractivity contribution is -0.101. The molecule has 0 aromatic rings. The molecule has 2 unspecified atom stereocenters. The Labute approximate surface area is 80.1 Å². The van der Waals surface area contributed by atoms with Gasteiger partial charge in [0.15, 0.2) is 0 Å². The van der Waals surface area contributed by atoms with Crippen LogP contribution in [0.15, 0.2) is 12.7 Å². The Balaban J connectivity index is 2.29. The Kier molecular flexibility index (Phi) is 5.05. The summed E-state index contributed by atoms with van der Waals surface area (Å²) in [5, 5.41) is 3.25. The molecule has 0 saturated carbocycles. The molecule has 1 N–H and O–H groups in total. The minimum atomic E-state index is 0.207. The molecular weight excluding hydrogens is 166 g/mol. The molecule has 0 bridgehead atoms. The van der Waals surface area contributed by atoms with Crippen molar-refractivity contribution in [3.05, 3.63) is 12.7 Å². The molecule has 76 valence electrons. The van der Waals surface area contributed by atoms with Gasteiger partial charge < -0.3 is 14.8 Å². The molecule has 0 amide bonds. The largest absolute Gasteiger partial charge is 0.376 e. The number of ether oxygens (including phenoxy) is 2. The lowest BCUT2D eigenvalue weighted by Crippen LogP contribution is -2.45. The third kappa shape index (κ3) is 3.46. The molecule has 13 heavy (non-hydrogen) atoms. The molecule has 1 heterocycles. The Morgan fingerprint density at radius 2 is 2.46 bits per heavy atom. The average molecular weight is 185 g/mol. The molecule has 0 radical (unpaired) electrons. The predicted molar refractivity (Wildman–Crippen MR) is 52.8 cm³/mol. The topological polar surface area (TPSA) is 30.5 Å². The molecule has 1 aliphatic rings. The van der Waals surface area contributed by atoms with Crippen LogP contribution in [0.1, 0.15) is 12.8 Å². The van der Waals surface area contributed by atoms with E-state index in [2.05, 4.69) is 11.9 Å². The number of hydrogen-bond acceptors (Lipinski definition) is 3. The highest BCUT2D eigenvalue weighted by Gasteiger charge is 2.22. The third-order valence-electron chi connectivity index (χ3n) is 2.34. The molecular formula is C10H19NO2. The molecule has 1 fully saturated rings. The Hall–Kier alpha value is -0.380. The second-order valence-corrected chi connectivity index (χ2v) is 3.25. The maximum atomic E-state index is 5.61. The zero-order valence-electron chi connectivity index (χ0n) is 8.29.